The number of ether oxygens (including phenoxy) is 2. The first-order valence-corrected chi connectivity index (χ1v) is 15.2. The maximum atomic E-state index is 13.3. The molecule has 0 saturated carbocycles. The number of halogens is 1. The van der Waals surface area contributed by atoms with Crippen LogP contribution in [0.15, 0.2) is 36.5 Å². The lowest BCUT2D eigenvalue weighted by Crippen LogP contribution is -2.49. The fourth-order valence-electron chi connectivity index (χ4n) is 5.99. The van der Waals surface area contributed by atoms with E-state index in [0.29, 0.717) is 59.6 Å². The number of carbonyl (C=O) groups excluding carboxylic acids is 1. The quantitative estimate of drug-likeness (QED) is 0.379. The first-order valence-electron chi connectivity index (χ1n) is 14.8. The lowest BCUT2D eigenvalue weighted by atomic mass is 10.0. The van der Waals surface area contributed by atoms with E-state index in [1.807, 2.05) is 31.3 Å². The van der Waals surface area contributed by atoms with Gasteiger partial charge in [-0.25, -0.2) is 4.98 Å². The van der Waals surface area contributed by atoms with Gasteiger partial charge in [-0.2, -0.15) is 4.98 Å². The number of benzene rings is 2. The summed E-state index contributed by atoms with van der Waals surface area (Å²) in [7, 11) is 3.48. The molecule has 6 rings (SSSR count). The largest absolute Gasteiger partial charge is 0.494 e. The number of amides is 1. The van der Waals surface area contributed by atoms with E-state index < -0.39 is 0 Å². The number of rotatable bonds is 8. The van der Waals surface area contributed by atoms with E-state index in [1.54, 1.807) is 18.2 Å². The van der Waals surface area contributed by atoms with Crippen LogP contribution in [0.2, 0.25) is 5.02 Å². The molecule has 1 aromatic heterocycles. The molecule has 0 radical (unpaired) electrons. The Morgan fingerprint density at radius 1 is 0.977 bits per heavy atom. The van der Waals surface area contributed by atoms with Gasteiger partial charge in [0.1, 0.15) is 10.8 Å². The summed E-state index contributed by atoms with van der Waals surface area (Å²) in [4.78, 5) is 31.3. The molecule has 2 fully saturated rings. The van der Waals surface area contributed by atoms with Crippen molar-refractivity contribution < 1.29 is 14.3 Å². The van der Waals surface area contributed by atoms with Crippen LogP contribution in [0.25, 0.3) is 0 Å². The van der Waals surface area contributed by atoms with E-state index in [0.717, 1.165) is 61.9 Å². The van der Waals surface area contributed by atoms with E-state index in [-0.39, 0.29) is 5.91 Å². The smallest absolute Gasteiger partial charge is 0.256 e. The van der Waals surface area contributed by atoms with E-state index in [2.05, 4.69) is 55.2 Å². The molecule has 11 nitrogen and oxygen atoms in total. The van der Waals surface area contributed by atoms with Gasteiger partial charge in [0.25, 0.3) is 5.91 Å². The van der Waals surface area contributed by atoms with Crippen molar-refractivity contribution in [3.63, 3.8) is 0 Å². The van der Waals surface area contributed by atoms with Crippen LogP contribution >= 0.6 is 11.6 Å². The van der Waals surface area contributed by atoms with Crippen molar-refractivity contribution in [3.05, 3.63) is 52.7 Å². The molecule has 2 aromatic carbocycles. The zero-order valence-electron chi connectivity index (χ0n) is 25.2. The fraction of sp³-hybridized carbons (Fsp3) is 0.452. The van der Waals surface area contributed by atoms with Crippen molar-refractivity contribution in [1.82, 2.24) is 19.8 Å². The highest BCUT2D eigenvalue weighted by molar-refractivity contribution is 6.33. The van der Waals surface area contributed by atoms with Crippen molar-refractivity contribution in [3.8, 4) is 5.75 Å². The number of carbonyl (C=O) groups is 1. The molecule has 3 aromatic rings. The fourth-order valence-corrected chi connectivity index (χ4v) is 6.12. The normalized spacial score (nSPS) is 17.4. The molecule has 43 heavy (non-hydrogen) atoms. The highest BCUT2D eigenvalue weighted by Crippen LogP contribution is 2.39. The van der Waals surface area contributed by atoms with Crippen LogP contribution in [0, 0.1) is 0 Å². The molecule has 4 heterocycles. The predicted octanol–water partition coefficient (Wildman–Crippen LogP) is 4.58. The minimum Gasteiger partial charge on any atom is -0.494 e. The summed E-state index contributed by atoms with van der Waals surface area (Å²) in [6.07, 6.45) is 1.55. The summed E-state index contributed by atoms with van der Waals surface area (Å²) >= 11 is 6.56. The Balaban J connectivity index is 1.24. The first kappa shape index (κ1) is 29.3. The second kappa shape index (κ2) is 12.4. The molecule has 0 aliphatic carbocycles. The Labute approximate surface area is 257 Å². The van der Waals surface area contributed by atoms with Crippen molar-refractivity contribution in [2.75, 3.05) is 87.1 Å². The van der Waals surface area contributed by atoms with Gasteiger partial charge in [0.2, 0.25) is 5.95 Å². The molecule has 12 heteroatoms. The van der Waals surface area contributed by atoms with Gasteiger partial charge in [0.15, 0.2) is 5.82 Å². The minimum atomic E-state index is -0.0196. The Bertz CT molecular complexity index is 1490. The van der Waals surface area contributed by atoms with Crippen LogP contribution in [0.5, 0.6) is 5.75 Å². The van der Waals surface area contributed by atoms with Gasteiger partial charge in [-0.05, 0) is 38.1 Å². The summed E-state index contributed by atoms with van der Waals surface area (Å²) in [5.74, 6) is 1.41. The number of nitrogens with one attached hydrogen (secondary N) is 2. The van der Waals surface area contributed by atoms with Crippen LogP contribution < -0.4 is 25.2 Å². The molecule has 3 aliphatic rings. The Morgan fingerprint density at radius 2 is 1.72 bits per heavy atom. The topological polar surface area (TPSA) is 98.3 Å². The molecule has 228 valence electrons. The zero-order valence-corrected chi connectivity index (χ0v) is 25.9. The maximum Gasteiger partial charge on any atom is 0.256 e. The summed E-state index contributed by atoms with van der Waals surface area (Å²) in [5, 5.41) is 6.95. The molecule has 0 bridgehead atoms. The van der Waals surface area contributed by atoms with Crippen LogP contribution in [-0.4, -0.2) is 98.4 Å². The van der Waals surface area contributed by atoms with Crippen molar-refractivity contribution in [2.45, 2.75) is 26.4 Å². The van der Waals surface area contributed by atoms with Crippen LogP contribution in [0.3, 0.4) is 0 Å². The number of fused-ring (bicyclic) bond motifs is 1. The summed E-state index contributed by atoms with van der Waals surface area (Å²) < 4.78 is 11.2. The lowest BCUT2D eigenvalue weighted by Gasteiger charge is -2.38. The van der Waals surface area contributed by atoms with E-state index >= 15 is 0 Å². The average Bonchev–Trinajstić information content (AvgIpc) is 3.33. The number of anilines is 6. The SMILES string of the molecule is COc1cc(N2CCOCC2)ccc1Nc1ncc(Cl)c(Nc2ccc(N3CCN(C(C)C)CC3)c3c2C(=O)N(C)C3)n1. The molecule has 3 aliphatic heterocycles. The second-order valence-corrected chi connectivity index (χ2v) is 11.8. The number of piperazine rings is 1. The number of morpholine rings is 1. The number of aromatic nitrogens is 2. The third kappa shape index (κ3) is 6.02. The average molecular weight is 607 g/mol. The van der Waals surface area contributed by atoms with Crippen LogP contribution in [0.1, 0.15) is 29.8 Å². The van der Waals surface area contributed by atoms with Gasteiger partial charge >= 0.3 is 0 Å². The number of nitrogens with zero attached hydrogens (tertiary/aromatic N) is 6. The van der Waals surface area contributed by atoms with Crippen molar-refractivity contribution in [2.24, 2.45) is 0 Å². The predicted molar refractivity (Wildman–Crippen MR) is 171 cm³/mol. The van der Waals surface area contributed by atoms with Gasteiger partial charge in [0.05, 0.1) is 43.5 Å². The van der Waals surface area contributed by atoms with Gasteiger partial charge in [-0.15, -0.1) is 0 Å². The minimum absolute atomic E-state index is 0.0196. The third-order valence-electron chi connectivity index (χ3n) is 8.43. The van der Waals surface area contributed by atoms with Crippen molar-refractivity contribution in [1.29, 1.82) is 0 Å². The Morgan fingerprint density at radius 3 is 2.44 bits per heavy atom. The van der Waals surface area contributed by atoms with Crippen LogP contribution in [0.4, 0.5) is 34.5 Å². The zero-order chi connectivity index (χ0) is 30.1. The monoisotopic (exact) mass is 606 g/mol. The number of hydrogen-bond acceptors (Lipinski definition) is 10. The molecule has 0 spiro atoms. The standard InChI is InChI=1S/C31H39ClN8O3/c1-20(2)38-9-11-40(12-10-38)26-8-7-25(28-22(26)19-37(3)30(28)41)34-29-23(32)18-33-31(36-29)35-24-6-5-21(17-27(24)42-4)39-13-15-43-16-14-39/h5-8,17-18,20H,9-16,19H2,1-4H3,(H2,33,34,35,36). The summed E-state index contributed by atoms with van der Waals surface area (Å²) in [5.41, 5.74) is 5.28. The van der Waals surface area contributed by atoms with E-state index in [4.69, 9.17) is 21.1 Å². The highest BCUT2D eigenvalue weighted by atomic mass is 35.5. The van der Waals surface area contributed by atoms with Crippen LogP contribution in [-0.2, 0) is 11.3 Å². The second-order valence-electron chi connectivity index (χ2n) is 11.4. The Kier molecular flexibility index (Phi) is 8.47. The molecule has 2 N–H and O–H groups in total. The third-order valence-corrected chi connectivity index (χ3v) is 8.71. The van der Waals surface area contributed by atoms with Crippen molar-refractivity contribution >= 4 is 52.0 Å². The lowest BCUT2D eigenvalue weighted by molar-refractivity contribution is 0.0817. The van der Waals surface area contributed by atoms with Gasteiger partial charge in [-0.1, -0.05) is 11.6 Å². The molecular formula is C31H39ClN8O3. The summed E-state index contributed by atoms with van der Waals surface area (Å²) in [6.45, 7) is 12.0. The first-order chi connectivity index (χ1) is 20.8. The maximum absolute atomic E-state index is 13.3. The van der Waals surface area contributed by atoms with E-state index in [1.165, 1.54) is 0 Å². The highest BCUT2D eigenvalue weighted by Gasteiger charge is 2.33. The van der Waals surface area contributed by atoms with E-state index in [9.17, 15) is 4.79 Å². The molecule has 0 atom stereocenters. The molecule has 0 unspecified atom stereocenters. The van der Waals surface area contributed by atoms with Gasteiger partial charge < -0.3 is 34.8 Å². The van der Waals surface area contributed by atoms with Gasteiger partial charge in [-0.3, -0.25) is 9.69 Å². The molecule has 2 saturated heterocycles. The number of methoxy groups -OCH3 is 1. The number of hydrogen-bond donors (Lipinski definition) is 2. The molecular weight excluding hydrogens is 568 g/mol. The Hall–Kier alpha value is -3.80. The molecule has 1 amide bonds. The summed E-state index contributed by atoms with van der Waals surface area (Å²) in [6, 6.07) is 10.6. The van der Waals surface area contributed by atoms with Gasteiger partial charge in [0, 0.05) is 81.9 Å².